The monoisotopic (exact) mass is 406 g/mol. The van der Waals surface area contributed by atoms with Crippen molar-refractivity contribution in [3.63, 3.8) is 0 Å². The number of amides is 1. The van der Waals surface area contributed by atoms with Gasteiger partial charge in [-0.25, -0.2) is 14.4 Å². The molecule has 0 bridgehead atoms. The Labute approximate surface area is 174 Å². The number of carbonyl (C=O) groups excluding carboxylic acids is 1. The third-order valence-electron chi connectivity index (χ3n) is 5.10. The zero-order valence-electron chi connectivity index (χ0n) is 17.0. The Balaban J connectivity index is 1.40. The average Bonchev–Trinajstić information content (AvgIpc) is 3.36. The number of carbonyl (C=O) groups is 1. The first kappa shape index (κ1) is 19.8. The maximum absolute atomic E-state index is 13.9. The highest BCUT2D eigenvalue weighted by molar-refractivity contribution is 5.77. The molecule has 4 rings (SSSR count). The number of hydrogen-bond acceptors (Lipinski definition) is 4. The molecule has 0 aliphatic heterocycles. The number of benzene rings is 2. The van der Waals surface area contributed by atoms with Crippen molar-refractivity contribution in [2.24, 2.45) is 0 Å². The lowest BCUT2D eigenvalue weighted by molar-refractivity contribution is -0.130. The molecule has 2 aromatic heterocycles. The maximum Gasteiger partial charge on any atom is 0.223 e. The molecular formula is C23H23FN4O2. The minimum absolute atomic E-state index is 0.0321. The van der Waals surface area contributed by atoms with Crippen molar-refractivity contribution in [3.8, 4) is 11.3 Å². The van der Waals surface area contributed by atoms with Gasteiger partial charge in [0.15, 0.2) is 11.7 Å². The standard InChI is InChI=1S/C23H23FN4O2/c1-3-28-19-11-7-6-10-18(19)26-21(28)15-27(2)23(29)13-12-22-25-14-20(30-22)16-8-4-5-9-17(16)24/h4-11,14H,3,12-13,15H2,1-2H3. The van der Waals surface area contributed by atoms with Gasteiger partial charge < -0.3 is 13.9 Å². The van der Waals surface area contributed by atoms with Gasteiger partial charge in [0.2, 0.25) is 5.91 Å². The van der Waals surface area contributed by atoms with E-state index in [1.807, 2.05) is 24.3 Å². The van der Waals surface area contributed by atoms with Crippen LogP contribution in [0.3, 0.4) is 0 Å². The van der Waals surface area contributed by atoms with E-state index in [-0.39, 0.29) is 18.1 Å². The van der Waals surface area contributed by atoms with Crippen LogP contribution < -0.4 is 0 Å². The predicted molar refractivity (Wildman–Crippen MR) is 112 cm³/mol. The van der Waals surface area contributed by atoms with Crippen molar-refractivity contribution in [1.82, 2.24) is 19.4 Å². The zero-order valence-corrected chi connectivity index (χ0v) is 17.0. The Bertz CT molecular complexity index is 1180. The van der Waals surface area contributed by atoms with Crippen molar-refractivity contribution in [1.29, 1.82) is 0 Å². The number of aryl methyl sites for hydroxylation is 2. The van der Waals surface area contributed by atoms with Crippen molar-refractivity contribution in [2.45, 2.75) is 32.9 Å². The summed E-state index contributed by atoms with van der Waals surface area (Å²) < 4.78 is 21.6. The summed E-state index contributed by atoms with van der Waals surface area (Å²) in [5.74, 6) is 1.23. The van der Waals surface area contributed by atoms with Crippen LogP contribution in [-0.4, -0.2) is 32.4 Å². The molecule has 6 nitrogen and oxygen atoms in total. The molecule has 0 unspecified atom stereocenters. The number of halogens is 1. The molecule has 0 aliphatic rings. The number of fused-ring (bicyclic) bond motifs is 1. The molecule has 0 radical (unpaired) electrons. The van der Waals surface area contributed by atoms with Crippen molar-refractivity contribution >= 4 is 16.9 Å². The van der Waals surface area contributed by atoms with Crippen LogP contribution in [0, 0.1) is 5.82 Å². The van der Waals surface area contributed by atoms with E-state index in [0.29, 0.717) is 30.2 Å². The maximum atomic E-state index is 13.9. The first-order valence-electron chi connectivity index (χ1n) is 9.94. The van der Waals surface area contributed by atoms with Crippen LogP contribution in [0.15, 0.2) is 59.1 Å². The van der Waals surface area contributed by atoms with Gasteiger partial charge >= 0.3 is 0 Å². The Morgan fingerprint density at radius 2 is 1.93 bits per heavy atom. The van der Waals surface area contributed by atoms with E-state index in [4.69, 9.17) is 4.42 Å². The minimum atomic E-state index is -0.366. The summed E-state index contributed by atoms with van der Waals surface area (Å²) >= 11 is 0. The van der Waals surface area contributed by atoms with Gasteiger partial charge in [0.25, 0.3) is 0 Å². The number of hydrogen-bond donors (Lipinski definition) is 0. The van der Waals surface area contributed by atoms with Crippen LogP contribution in [-0.2, 0) is 24.3 Å². The Morgan fingerprint density at radius 1 is 1.17 bits per heavy atom. The van der Waals surface area contributed by atoms with Crippen LogP contribution in [0.1, 0.15) is 25.1 Å². The average molecular weight is 406 g/mol. The second-order valence-corrected chi connectivity index (χ2v) is 7.11. The molecule has 0 aliphatic carbocycles. The molecule has 0 saturated carbocycles. The van der Waals surface area contributed by atoms with E-state index in [1.165, 1.54) is 12.3 Å². The number of oxazole rings is 1. The van der Waals surface area contributed by atoms with E-state index in [9.17, 15) is 9.18 Å². The largest absolute Gasteiger partial charge is 0.441 e. The van der Waals surface area contributed by atoms with E-state index in [2.05, 4.69) is 21.5 Å². The third kappa shape index (κ3) is 3.96. The highest BCUT2D eigenvalue weighted by Crippen LogP contribution is 2.24. The predicted octanol–water partition coefficient (Wildman–Crippen LogP) is 4.44. The van der Waals surface area contributed by atoms with Crippen molar-refractivity contribution in [2.75, 3.05) is 7.05 Å². The lowest BCUT2D eigenvalue weighted by atomic mass is 10.2. The number of aromatic nitrogens is 3. The third-order valence-corrected chi connectivity index (χ3v) is 5.10. The summed E-state index contributed by atoms with van der Waals surface area (Å²) in [6.07, 6.45) is 2.09. The summed E-state index contributed by atoms with van der Waals surface area (Å²) in [6.45, 7) is 3.27. The molecule has 0 fully saturated rings. The van der Waals surface area contributed by atoms with Gasteiger partial charge in [-0.05, 0) is 31.2 Å². The SMILES string of the molecule is CCn1c(CN(C)C(=O)CCc2ncc(-c3ccccc3F)o2)nc2ccccc21. The summed E-state index contributed by atoms with van der Waals surface area (Å²) in [5, 5.41) is 0. The quantitative estimate of drug-likeness (QED) is 0.455. The first-order valence-corrected chi connectivity index (χ1v) is 9.94. The van der Waals surface area contributed by atoms with Gasteiger partial charge in [-0.3, -0.25) is 4.79 Å². The number of nitrogens with zero attached hydrogens (tertiary/aromatic N) is 4. The second-order valence-electron chi connectivity index (χ2n) is 7.11. The molecule has 7 heteroatoms. The van der Waals surface area contributed by atoms with E-state index in [1.54, 1.807) is 30.1 Å². The summed E-state index contributed by atoms with van der Waals surface area (Å²) in [5.41, 5.74) is 2.35. The van der Waals surface area contributed by atoms with Gasteiger partial charge in [-0.15, -0.1) is 0 Å². The highest BCUT2D eigenvalue weighted by Gasteiger charge is 2.17. The zero-order chi connectivity index (χ0) is 21.1. The van der Waals surface area contributed by atoms with Gasteiger partial charge in [0.05, 0.1) is 29.3 Å². The van der Waals surface area contributed by atoms with Crippen molar-refractivity contribution in [3.05, 3.63) is 72.3 Å². The normalized spacial score (nSPS) is 11.2. The van der Waals surface area contributed by atoms with Crippen LogP contribution in [0.4, 0.5) is 4.39 Å². The Kier molecular flexibility index (Phi) is 5.61. The van der Waals surface area contributed by atoms with Crippen LogP contribution >= 0.6 is 0 Å². The van der Waals surface area contributed by atoms with Crippen LogP contribution in [0.2, 0.25) is 0 Å². The van der Waals surface area contributed by atoms with E-state index in [0.717, 1.165) is 23.4 Å². The Hall–Kier alpha value is -3.48. The number of rotatable bonds is 7. The number of imidazole rings is 1. The summed E-state index contributed by atoms with van der Waals surface area (Å²) in [7, 11) is 1.77. The molecule has 2 heterocycles. The van der Waals surface area contributed by atoms with E-state index >= 15 is 0 Å². The molecule has 0 N–H and O–H groups in total. The van der Waals surface area contributed by atoms with Crippen LogP contribution in [0.25, 0.3) is 22.4 Å². The lowest BCUT2D eigenvalue weighted by Gasteiger charge is -2.17. The second kappa shape index (κ2) is 8.49. The Morgan fingerprint density at radius 3 is 2.73 bits per heavy atom. The smallest absolute Gasteiger partial charge is 0.223 e. The van der Waals surface area contributed by atoms with Gasteiger partial charge in [-0.2, -0.15) is 0 Å². The molecule has 154 valence electrons. The fourth-order valence-corrected chi connectivity index (χ4v) is 3.52. The van der Waals surface area contributed by atoms with Gasteiger partial charge in [-0.1, -0.05) is 24.3 Å². The topological polar surface area (TPSA) is 64.2 Å². The molecule has 0 saturated heterocycles. The fourth-order valence-electron chi connectivity index (χ4n) is 3.52. The minimum Gasteiger partial charge on any atom is -0.441 e. The molecule has 0 spiro atoms. The fraction of sp³-hybridized carbons (Fsp3) is 0.261. The highest BCUT2D eigenvalue weighted by atomic mass is 19.1. The lowest BCUT2D eigenvalue weighted by Crippen LogP contribution is -2.28. The van der Waals surface area contributed by atoms with Crippen LogP contribution in [0.5, 0.6) is 0 Å². The van der Waals surface area contributed by atoms with Gasteiger partial charge in [0, 0.05) is 26.4 Å². The molecular weight excluding hydrogens is 383 g/mol. The van der Waals surface area contributed by atoms with Crippen molar-refractivity contribution < 1.29 is 13.6 Å². The summed E-state index contributed by atoms with van der Waals surface area (Å²) in [4.78, 5) is 23.1. The summed E-state index contributed by atoms with van der Waals surface area (Å²) in [6, 6.07) is 14.3. The molecule has 2 aromatic carbocycles. The van der Waals surface area contributed by atoms with E-state index < -0.39 is 0 Å². The first-order chi connectivity index (χ1) is 14.6. The molecule has 0 atom stereocenters. The molecule has 30 heavy (non-hydrogen) atoms. The number of para-hydroxylation sites is 2. The van der Waals surface area contributed by atoms with Gasteiger partial charge in [0.1, 0.15) is 11.6 Å². The molecule has 1 amide bonds. The molecule has 4 aromatic rings.